The fraction of sp³-hybridized carbons (Fsp3) is 0.318. The minimum atomic E-state index is -3.47. The van der Waals surface area contributed by atoms with Crippen LogP contribution in [0.25, 0.3) is 10.9 Å². The van der Waals surface area contributed by atoms with Gasteiger partial charge >= 0.3 is 0 Å². The number of carbonyl (C=O) groups is 1. The molecule has 156 valence electrons. The van der Waals surface area contributed by atoms with Crippen LogP contribution in [0.1, 0.15) is 19.3 Å². The van der Waals surface area contributed by atoms with Crippen LogP contribution >= 0.6 is 0 Å². The van der Waals surface area contributed by atoms with Crippen molar-refractivity contribution in [2.24, 2.45) is 0 Å². The molecule has 8 heteroatoms. The fourth-order valence-electron chi connectivity index (χ4n) is 3.94. The second kappa shape index (κ2) is 8.39. The average molecular weight is 426 g/mol. The van der Waals surface area contributed by atoms with Gasteiger partial charge in [0.15, 0.2) is 9.84 Å². The van der Waals surface area contributed by atoms with Crippen molar-refractivity contribution in [2.75, 3.05) is 12.3 Å². The second-order valence-corrected chi connectivity index (χ2v) is 9.52. The van der Waals surface area contributed by atoms with E-state index in [1.165, 1.54) is 10.9 Å². The van der Waals surface area contributed by atoms with Crippen LogP contribution in [0, 0.1) is 0 Å². The molecule has 0 spiro atoms. The molecule has 1 fully saturated rings. The molecule has 1 atom stereocenters. The number of rotatable bonds is 6. The van der Waals surface area contributed by atoms with E-state index >= 15 is 0 Å². The highest BCUT2D eigenvalue weighted by molar-refractivity contribution is 7.91. The van der Waals surface area contributed by atoms with E-state index in [4.69, 9.17) is 0 Å². The first-order valence-electron chi connectivity index (χ1n) is 9.97. The Labute approximate surface area is 174 Å². The Hall–Kier alpha value is -3.00. The second-order valence-electron chi connectivity index (χ2n) is 7.49. The van der Waals surface area contributed by atoms with Crippen LogP contribution in [0.15, 0.2) is 70.6 Å². The number of carbonyl (C=O) groups excluding carboxylic acids is 1. The molecule has 7 nitrogen and oxygen atoms in total. The number of fused-ring (bicyclic) bond motifs is 1. The van der Waals surface area contributed by atoms with Crippen molar-refractivity contribution in [1.82, 2.24) is 14.5 Å². The zero-order chi connectivity index (χ0) is 21.1. The van der Waals surface area contributed by atoms with Crippen LogP contribution in [0.2, 0.25) is 0 Å². The van der Waals surface area contributed by atoms with Gasteiger partial charge in [0.25, 0.3) is 5.56 Å². The Morgan fingerprint density at radius 2 is 1.80 bits per heavy atom. The van der Waals surface area contributed by atoms with Gasteiger partial charge in [0.05, 0.1) is 27.9 Å². The normalized spacial score (nSPS) is 16.8. The summed E-state index contributed by atoms with van der Waals surface area (Å²) in [5.74, 6) is -0.221. The highest BCUT2D eigenvalue weighted by atomic mass is 32.2. The average Bonchev–Trinajstić information content (AvgIpc) is 3.21. The van der Waals surface area contributed by atoms with E-state index in [2.05, 4.69) is 4.98 Å². The van der Waals surface area contributed by atoms with E-state index in [1.54, 1.807) is 53.4 Å². The molecule has 30 heavy (non-hydrogen) atoms. The van der Waals surface area contributed by atoms with Crippen LogP contribution in [0.4, 0.5) is 0 Å². The molecule has 1 aromatic heterocycles. The summed E-state index contributed by atoms with van der Waals surface area (Å²) in [6.07, 6.45) is 3.02. The van der Waals surface area contributed by atoms with Crippen LogP contribution in [-0.4, -0.2) is 47.1 Å². The first-order valence-corrected chi connectivity index (χ1v) is 11.6. The lowest BCUT2D eigenvalue weighted by atomic mass is 10.2. The molecule has 3 aromatic rings. The number of amides is 1. The summed E-state index contributed by atoms with van der Waals surface area (Å²) < 4.78 is 26.9. The summed E-state index contributed by atoms with van der Waals surface area (Å²) >= 11 is 0. The third-order valence-corrected chi connectivity index (χ3v) is 7.32. The predicted molar refractivity (Wildman–Crippen MR) is 114 cm³/mol. The monoisotopic (exact) mass is 425 g/mol. The van der Waals surface area contributed by atoms with Gasteiger partial charge in [-0.25, -0.2) is 13.4 Å². The van der Waals surface area contributed by atoms with Gasteiger partial charge in [-0.05, 0) is 37.1 Å². The Bertz CT molecular complexity index is 1220. The van der Waals surface area contributed by atoms with Gasteiger partial charge in [0.1, 0.15) is 0 Å². The van der Waals surface area contributed by atoms with Gasteiger partial charge in [0.2, 0.25) is 5.91 Å². The lowest BCUT2D eigenvalue weighted by Gasteiger charge is -2.25. The zero-order valence-electron chi connectivity index (χ0n) is 16.5. The summed E-state index contributed by atoms with van der Waals surface area (Å²) in [6, 6.07) is 15.1. The number of hydrogen-bond donors (Lipinski definition) is 0. The molecular formula is C22H23N3O4S. The summed E-state index contributed by atoms with van der Waals surface area (Å²) in [5, 5.41) is 0.514. The third-order valence-electron chi connectivity index (χ3n) is 5.51. The van der Waals surface area contributed by atoms with Crippen LogP contribution in [0.5, 0.6) is 0 Å². The number of sulfone groups is 1. The summed E-state index contributed by atoms with van der Waals surface area (Å²) in [5.41, 5.74) is 0.439. The molecule has 2 heterocycles. The Kier molecular flexibility index (Phi) is 5.67. The van der Waals surface area contributed by atoms with E-state index in [-0.39, 0.29) is 41.1 Å². The van der Waals surface area contributed by atoms with Crippen molar-refractivity contribution in [3.63, 3.8) is 0 Å². The lowest BCUT2D eigenvalue weighted by molar-refractivity contribution is -0.131. The molecule has 0 aliphatic carbocycles. The van der Waals surface area contributed by atoms with E-state index in [1.807, 2.05) is 6.07 Å². The Balaban J connectivity index is 1.44. The third kappa shape index (κ3) is 4.14. The molecule has 1 aliphatic heterocycles. The minimum absolute atomic E-state index is 0.0831. The topological polar surface area (TPSA) is 89.3 Å². The highest BCUT2D eigenvalue weighted by Crippen LogP contribution is 2.23. The number of aromatic nitrogens is 2. The number of para-hydroxylation sites is 1. The van der Waals surface area contributed by atoms with Crippen LogP contribution in [-0.2, 0) is 21.2 Å². The summed E-state index contributed by atoms with van der Waals surface area (Å²) in [7, 11) is -3.47. The minimum Gasteiger partial charge on any atom is -0.339 e. The van der Waals surface area contributed by atoms with Crippen molar-refractivity contribution in [2.45, 2.75) is 36.7 Å². The standard InChI is InChI=1S/C22H23N3O4S/c26-21(12-14-24-16-23-20-11-5-4-10-19(20)22(24)27)25-13-6-7-17(25)15-30(28,29)18-8-2-1-3-9-18/h1-5,8-11,16-17H,6-7,12-15H2. The first-order chi connectivity index (χ1) is 14.5. The molecular weight excluding hydrogens is 402 g/mol. The van der Waals surface area contributed by atoms with E-state index in [0.717, 1.165) is 6.42 Å². The van der Waals surface area contributed by atoms with Gasteiger partial charge in [-0.3, -0.25) is 14.2 Å². The van der Waals surface area contributed by atoms with Gasteiger partial charge in [-0.15, -0.1) is 0 Å². The maximum absolute atomic E-state index is 12.8. The smallest absolute Gasteiger partial charge is 0.261 e. The molecule has 1 unspecified atom stereocenters. The quantitative estimate of drug-likeness (QED) is 0.604. The summed E-state index contributed by atoms with van der Waals surface area (Å²) in [4.78, 5) is 31.6. The summed E-state index contributed by atoms with van der Waals surface area (Å²) in [6.45, 7) is 0.753. The van der Waals surface area contributed by atoms with E-state index in [0.29, 0.717) is 23.9 Å². The van der Waals surface area contributed by atoms with Gasteiger partial charge in [-0.2, -0.15) is 0 Å². The van der Waals surface area contributed by atoms with Gasteiger partial charge in [0, 0.05) is 25.6 Å². The van der Waals surface area contributed by atoms with Gasteiger partial charge in [-0.1, -0.05) is 30.3 Å². The number of benzene rings is 2. The van der Waals surface area contributed by atoms with Crippen molar-refractivity contribution < 1.29 is 13.2 Å². The molecule has 4 rings (SSSR count). The lowest BCUT2D eigenvalue weighted by Crippen LogP contribution is -2.40. The Morgan fingerprint density at radius 1 is 1.07 bits per heavy atom. The molecule has 0 radical (unpaired) electrons. The van der Waals surface area contributed by atoms with Gasteiger partial charge < -0.3 is 4.90 Å². The number of likely N-dealkylation sites (tertiary alicyclic amines) is 1. The van der Waals surface area contributed by atoms with Crippen molar-refractivity contribution in [3.8, 4) is 0 Å². The molecule has 0 bridgehead atoms. The SMILES string of the molecule is O=C(CCn1cnc2ccccc2c1=O)N1CCCC1CS(=O)(=O)c1ccccc1. The number of hydrogen-bond acceptors (Lipinski definition) is 5. The molecule has 1 saturated heterocycles. The Morgan fingerprint density at radius 3 is 2.60 bits per heavy atom. The fourth-order valence-corrected chi connectivity index (χ4v) is 5.56. The first kappa shape index (κ1) is 20.3. The molecule has 0 N–H and O–H groups in total. The van der Waals surface area contributed by atoms with E-state index in [9.17, 15) is 18.0 Å². The maximum Gasteiger partial charge on any atom is 0.261 e. The van der Waals surface area contributed by atoms with E-state index < -0.39 is 9.84 Å². The molecule has 0 saturated carbocycles. The predicted octanol–water partition coefficient (Wildman–Crippen LogP) is 2.25. The number of aryl methyl sites for hydroxylation is 1. The molecule has 1 amide bonds. The largest absolute Gasteiger partial charge is 0.339 e. The van der Waals surface area contributed by atoms with Crippen LogP contribution < -0.4 is 5.56 Å². The van der Waals surface area contributed by atoms with Crippen LogP contribution in [0.3, 0.4) is 0 Å². The highest BCUT2D eigenvalue weighted by Gasteiger charge is 2.32. The van der Waals surface area contributed by atoms with Crippen molar-refractivity contribution >= 4 is 26.6 Å². The van der Waals surface area contributed by atoms with Crippen molar-refractivity contribution in [1.29, 1.82) is 0 Å². The maximum atomic E-state index is 12.8. The van der Waals surface area contributed by atoms with Crippen molar-refractivity contribution in [3.05, 3.63) is 71.3 Å². The zero-order valence-corrected chi connectivity index (χ0v) is 17.3. The molecule has 1 aliphatic rings. The molecule has 2 aromatic carbocycles. The number of nitrogens with zero attached hydrogens (tertiary/aromatic N) is 3.